The zero-order valence-corrected chi connectivity index (χ0v) is 11.5. The van der Waals surface area contributed by atoms with Crippen molar-refractivity contribution in [1.29, 1.82) is 0 Å². The highest BCUT2D eigenvalue weighted by Crippen LogP contribution is 2.21. The van der Waals surface area contributed by atoms with E-state index >= 15 is 0 Å². The van der Waals surface area contributed by atoms with Crippen LogP contribution in [0.15, 0.2) is 23.1 Å². The maximum Gasteiger partial charge on any atom is 0.238 e. The molecule has 0 aliphatic carbocycles. The summed E-state index contributed by atoms with van der Waals surface area (Å²) < 4.78 is 40.7. The maximum atomic E-state index is 13.8. The fraction of sp³-hybridized carbons (Fsp3) is 0.455. The van der Waals surface area contributed by atoms with Gasteiger partial charge in [0, 0.05) is 20.7 Å². The molecule has 0 aliphatic heterocycles. The lowest BCUT2D eigenvalue weighted by Gasteiger charge is -2.23. The summed E-state index contributed by atoms with van der Waals surface area (Å²) in [6, 6.07) is 3.37. The van der Waals surface area contributed by atoms with E-state index in [1.807, 2.05) is 0 Å². The number of likely N-dealkylation sites (N-methyl/N-ethyl adjacent to an activating group) is 1. The number of sulfonamides is 1. The molecule has 0 saturated carbocycles. The molecule has 0 amide bonds. The summed E-state index contributed by atoms with van der Waals surface area (Å²) in [6.45, 7) is 0.278. The van der Waals surface area contributed by atoms with Gasteiger partial charge >= 0.3 is 0 Å². The Bertz CT molecular complexity index is 535. The highest BCUT2D eigenvalue weighted by atomic mass is 32.2. The first-order valence-electron chi connectivity index (χ1n) is 5.46. The number of rotatable bonds is 6. The summed E-state index contributed by atoms with van der Waals surface area (Å²) in [6.07, 6.45) is -0.771. The number of halogens is 1. The number of hydrogen-bond donors (Lipinski definition) is 2. The molecule has 3 N–H and O–H groups in total. The van der Waals surface area contributed by atoms with Crippen molar-refractivity contribution < 1.29 is 22.7 Å². The molecule has 19 heavy (non-hydrogen) atoms. The number of nitrogens with zero attached hydrogens (tertiary/aromatic N) is 1. The largest absolute Gasteiger partial charge is 0.389 e. The van der Waals surface area contributed by atoms with Crippen LogP contribution in [0.5, 0.6) is 0 Å². The van der Waals surface area contributed by atoms with E-state index in [4.69, 9.17) is 9.88 Å². The van der Waals surface area contributed by atoms with Crippen LogP contribution in [-0.2, 0) is 14.8 Å². The number of ether oxygens (including phenoxy) is 1. The highest BCUT2D eigenvalue weighted by Gasteiger charge is 2.15. The minimum absolute atomic E-state index is 0.126. The number of anilines is 1. The minimum Gasteiger partial charge on any atom is -0.389 e. The molecular formula is C11H17FN2O4S. The molecule has 0 bridgehead atoms. The molecular weight excluding hydrogens is 275 g/mol. The van der Waals surface area contributed by atoms with E-state index in [1.165, 1.54) is 24.1 Å². The Kier molecular flexibility index (Phi) is 5.24. The molecule has 0 saturated heterocycles. The number of aliphatic hydroxyl groups excluding tert-OH is 1. The van der Waals surface area contributed by atoms with Crippen LogP contribution >= 0.6 is 0 Å². The van der Waals surface area contributed by atoms with Gasteiger partial charge in [-0.25, -0.2) is 17.9 Å². The minimum atomic E-state index is -3.93. The second-order valence-electron chi connectivity index (χ2n) is 4.15. The predicted octanol–water partition coefficient (Wildman–Crippen LogP) is -0.0834. The van der Waals surface area contributed by atoms with E-state index in [-0.39, 0.29) is 23.7 Å². The summed E-state index contributed by atoms with van der Waals surface area (Å²) in [5, 5.41) is 14.5. The molecule has 1 rings (SSSR count). The SMILES string of the molecule is COCC(O)CN(C)c1ccc(S(N)(=O)=O)cc1F. The quantitative estimate of drug-likeness (QED) is 0.765. The molecule has 0 fully saturated rings. The second-order valence-corrected chi connectivity index (χ2v) is 5.71. The number of nitrogens with two attached hydrogens (primary N) is 1. The lowest BCUT2D eigenvalue weighted by molar-refractivity contribution is 0.0694. The standard InChI is InChI=1S/C11H17FN2O4S/c1-14(6-8(15)7-18-2)11-4-3-9(5-10(11)12)19(13,16)17/h3-5,8,15H,6-7H2,1-2H3,(H2,13,16,17). The smallest absolute Gasteiger partial charge is 0.238 e. The van der Waals surface area contributed by atoms with Crippen molar-refractivity contribution in [2.24, 2.45) is 5.14 Å². The zero-order chi connectivity index (χ0) is 14.6. The molecule has 0 aromatic heterocycles. The van der Waals surface area contributed by atoms with E-state index in [9.17, 15) is 17.9 Å². The van der Waals surface area contributed by atoms with Gasteiger partial charge in [-0.05, 0) is 18.2 Å². The van der Waals surface area contributed by atoms with Gasteiger partial charge in [0.15, 0.2) is 0 Å². The Balaban J connectivity index is 2.90. The van der Waals surface area contributed by atoms with E-state index in [0.29, 0.717) is 0 Å². The third kappa shape index (κ3) is 4.43. The maximum absolute atomic E-state index is 13.8. The Labute approximate surface area is 111 Å². The van der Waals surface area contributed by atoms with Crippen LogP contribution in [-0.4, -0.2) is 46.9 Å². The first-order valence-corrected chi connectivity index (χ1v) is 7.01. The van der Waals surface area contributed by atoms with Crippen LogP contribution in [0.3, 0.4) is 0 Å². The topological polar surface area (TPSA) is 92.9 Å². The van der Waals surface area contributed by atoms with Crippen LogP contribution in [0, 0.1) is 5.82 Å². The summed E-state index contributed by atoms with van der Waals surface area (Å²) in [5.41, 5.74) is 0.169. The van der Waals surface area contributed by atoms with Gasteiger partial charge in [-0.2, -0.15) is 0 Å². The van der Waals surface area contributed by atoms with Crippen molar-refractivity contribution >= 4 is 15.7 Å². The molecule has 1 aromatic rings. The van der Waals surface area contributed by atoms with Gasteiger partial charge in [0.2, 0.25) is 10.0 Å². The lowest BCUT2D eigenvalue weighted by Crippen LogP contribution is -2.32. The van der Waals surface area contributed by atoms with Gasteiger partial charge < -0.3 is 14.7 Å². The Morgan fingerprint density at radius 1 is 1.53 bits per heavy atom. The fourth-order valence-electron chi connectivity index (χ4n) is 1.63. The van der Waals surface area contributed by atoms with Gasteiger partial charge in [-0.15, -0.1) is 0 Å². The van der Waals surface area contributed by atoms with Crippen molar-refractivity contribution in [2.45, 2.75) is 11.0 Å². The van der Waals surface area contributed by atoms with Crippen molar-refractivity contribution in [3.63, 3.8) is 0 Å². The molecule has 8 heteroatoms. The molecule has 0 radical (unpaired) electrons. The molecule has 1 unspecified atom stereocenters. The first kappa shape index (κ1) is 15.8. The third-order valence-corrected chi connectivity index (χ3v) is 3.41. The van der Waals surface area contributed by atoms with Gasteiger partial charge in [-0.1, -0.05) is 0 Å². The molecule has 0 spiro atoms. The van der Waals surface area contributed by atoms with E-state index in [1.54, 1.807) is 7.05 Å². The zero-order valence-electron chi connectivity index (χ0n) is 10.7. The van der Waals surface area contributed by atoms with Crippen LogP contribution < -0.4 is 10.0 Å². The third-order valence-electron chi connectivity index (χ3n) is 2.50. The van der Waals surface area contributed by atoms with Gasteiger partial charge in [-0.3, -0.25) is 0 Å². The number of benzene rings is 1. The summed E-state index contributed by atoms with van der Waals surface area (Å²) in [5.74, 6) is -0.723. The Morgan fingerprint density at radius 2 is 2.16 bits per heavy atom. The fourth-order valence-corrected chi connectivity index (χ4v) is 2.16. The molecule has 0 heterocycles. The van der Waals surface area contributed by atoms with E-state index in [2.05, 4.69) is 0 Å². The number of aliphatic hydroxyl groups is 1. The van der Waals surface area contributed by atoms with Crippen molar-refractivity contribution in [1.82, 2.24) is 0 Å². The molecule has 1 atom stereocenters. The summed E-state index contributed by atoms with van der Waals surface area (Å²) >= 11 is 0. The van der Waals surface area contributed by atoms with Crippen LogP contribution in [0.4, 0.5) is 10.1 Å². The first-order chi connectivity index (χ1) is 8.75. The second kappa shape index (κ2) is 6.29. The summed E-state index contributed by atoms with van der Waals surface area (Å²) in [7, 11) is -0.901. The van der Waals surface area contributed by atoms with Crippen LogP contribution in [0.25, 0.3) is 0 Å². The normalized spacial score (nSPS) is 13.3. The summed E-state index contributed by atoms with van der Waals surface area (Å²) in [4.78, 5) is 1.17. The van der Waals surface area contributed by atoms with Gasteiger partial charge in [0.1, 0.15) is 5.82 Å². The average molecular weight is 292 g/mol. The van der Waals surface area contributed by atoms with Crippen molar-refractivity contribution in [3.8, 4) is 0 Å². The predicted molar refractivity (Wildman–Crippen MR) is 68.9 cm³/mol. The molecule has 6 nitrogen and oxygen atoms in total. The van der Waals surface area contributed by atoms with Gasteiger partial charge in [0.25, 0.3) is 0 Å². The molecule has 108 valence electrons. The number of primary sulfonamides is 1. The lowest BCUT2D eigenvalue weighted by atomic mass is 10.2. The highest BCUT2D eigenvalue weighted by molar-refractivity contribution is 7.89. The van der Waals surface area contributed by atoms with Crippen LogP contribution in [0.2, 0.25) is 0 Å². The Hall–Kier alpha value is -1.22. The number of hydrogen-bond acceptors (Lipinski definition) is 5. The monoisotopic (exact) mass is 292 g/mol. The van der Waals surface area contributed by atoms with Crippen LogP contribution in [0.1, 0.15) is 0 Å². The average Bonchev–Trinajstić information content (AvgIpc) is 2.27. The van der Waals surface area contributed by atoms with Crippen molar-refractivity contribution in [3.05, 3.63) is 24.0 Å². The molecule has 0 aliphatic rings. The van der Waals surface area contributed by atoms with Gasteiger partial charge in [0.05, 0.1) is 23.3 Å². The van der Waals surface area contributed by atoms with E-state index in [0.717, 1.165) is 6.07 Å². The Morgan fingerprint density at radius 3 is 2.63 bits per heavy atom. The van der Waals surface area contributed by atoms with E-state index < -0.39 is 21.9 Å². The molecule has 1 aromatic carbocycles. The van der Waals surface area contributed by atoms with Crippen molar-refractivity contribution in [2.75, 3.05) is 32.2 Å². The number of methoxy groups -OCH3 is 1.